The predicted molar refractivity (Wildman–Crippen MR) is 83.5 cm³/mol. The highest BCUT2D eigenvalue weighted by Gasteiger charge is 2.09. The standard InChI is InChI=1S/C19H23F/c1-14(2)11-18-10-9-16(13-19(18)20)12-15(3)17-7-5-4-6-8-17/h4-10,13-15H,11-12H2,1-3H3. The molecule has 0 heterocycles. The van der Waals surface area contributed by atoms with Gasteiger partial charge in [0.05, 0.1) is 0 Å². The summed E-state index contributed by atoms with van der Waals surface area (Å²) in [5.74, 6) is 0.835. The third-order valence-electron chi connectivity index (χ3n) is 3.66. The summed E-state index contributed by atoms with van der Waals surface area (Å²) in [6.45, 7) is 6.42. The highest BCUT2D eigenvalue weighted by Crippen LogP contribution is 2.22. The highest BCUT2D eigenvalue weighted by molar-refractivity contribution is 5.28. The lowest BCUT2D eigenvalue weighted by molar-refractivity contribution is 0.571. The Morgan fingerprint density at radius 3 is 2.20 bits per heavy atom. The molecule has 106 valence electrons. The Morgan fingerprint density at radius 2 is 1.60 bits per heavy atom. The largest absolute Gasteiger partial charge is 0.207 e. The fourth-order valence-corrected chi connectivity index (χ4v) is 2.58. The van der Waals surface area contributed by atoms with E-state index in [-0.39, 0.29) is 5.82 Å². The molecule has 0 fully saturated rings. The molecule has 0 nitrogen and oxygen atoms in total. The number of hydrogen-bond donors (Lipinski definition) is 0. The molecular formula is C19H23F. The Kier molecular flexibility index (Phi) is 4.94. The molecule has 2 rings (SSSR count). The summed E-state index contributed by atoms with van der Waals surface area (Å²) in [6.07, 6.45) is 1.68. The minimum Gasteiger partial charge on any atom is -0.207 e. The maximum Gasteiger partial charge on any atom is 0.126 e. The second-order valence-electron chi connectivity index (χ2n) is 6.04. The van der Waals surface area contributed by atoms with Gasteiger partial charge in [0.25, 0.3) is 0 Å². The van der Waals surface area contributed by atoms with Crippen LogP contribution in [0.15, 0.2) is 48.5 Å². The SMILES string of the molecule is CC(C)Cc1ccc(CC(C)c2ccccc2)cc1F. The van der Waals surface area contributed by atoms with Gasteiger partial charge in [-0.3, -0.25) is 0 Å². The normalized spacial score (nSPS) is 12.7. The zero-order valence-electron chi connectivity index (χ0n) is 12.6. The van der Waals surface area contributed by atoms with Crippen molar-refractivity contribution in [1.29, 1.82) is 0 Å². The lowest BCUT2D eigenvalue weighted by atomic mass is 9.92. The molecule has 0 aliphatic carbocycles. The molecule has 0 aliphatic heterocycles. The van der Waals surface area contributed by atoms with Gasteiger partial charge in [0.15, 0.2) is 0 Å². The third-order valence-corrected chi connectivity index (χ3v) is 3.66. The van der Waals surface area contributed by atoms with Crippen LogP contribution in [0.4, 0.5) is 4.39 Å². The highest BCUT2D eigenvalue weighted by atomic mass is 19.1. The smallest absolute Gasteiger partial charge is 0.126 e. The second kappa shape index (κ2) is 6.69. The molecule has 0 saturated carbocycles. The van der Waals surface area contributed by atoms with Crippen LogP contribution >= 0.6 is 0 Å². The van der Waals surface area contributed by atoms with E-state index in [1.165, 1.54) is 5.56 Å². The van der Waals surface area contributed by atoms with Crippen molar-refractivity contribution in [2.75, 3.05) is 0 Å². The third kappa shape index (κ3) is 3.93. The zero-order chi connectivity index (χ0) is 14.5. The molecule has 2 aromatic rings. The van der Waals surface area contributed by atoms with Crippen LogP contribution in [0.1, 0.15) is 43.4 Å². The average Bonchev–Trinajstić information content (AvgIpc) is 2.42. The van der Waals surface area contributed by atoms with Crippen molar-refractivity contribution in [2.24, 2.45) is 5.92 Å². The van der Waals surface area contributed by atoms with Crippen LogP contribution < -0.4 is 0 Å². The van der Waals surface area contributed by atoms with Crippen molar-refractivity contribution in [3.8, 4) is 0 Å². The molecule has 1 unspecified atom stereocenters. The minimum atomic E-state index is -0.0588. The van der Waals surface area contributed by atoms with Gasteiger partial charge >= 0.3 is 0 Å². The Hall–Kier alpha value is -1.63. The molecule has 1 heteroatoms. The first-order valence-corrected chi connectivity index (χ1v) is 7.38. The molecule has 0 aromatic heterocycles. The second-order valence-corrected chi connectivity index (χ2v) is 6.04. The van der Waals surface area contributed by atoms with Gasteiger partial charge in [0, 0.05) is 0 Å². The molecule has 0 amide bonds. The lowest BCUT2D eigenvalue weighted by Crippen LogP contribution is -2.02. The first-order chi connectivity index (χ1) is 9.56. The molecule has 1 atom stereocenters. The van der Waals surface area contributed by atoms with Crippen molar-refractivity contribution >= 4 is 0 Å². The Labute approximate surface area is 121 Å². The summed E-state index contributed by atoms with van der Waals surface area (Å²) in [5.41, 5.74) is 3.21. The van der Waals surface area contributed by atoms with E-state index in [1.54, 1.807) is 6.07 Å². The Morgan fingerprint density at radius 1 is 0.900 bits per heavy atom. The number of benzene rings is 2. The van der Waals surface area contributed by atoms with Crippen molar-refractivity contribution in [2.45, 2.75) is 39.5 Å². The molecule has 0 aliphatic rings. The molecular weight excluding hydrogens is 247 g/mol. The van der Waals surface area contributed by atoms with Crippen LogP contribution in [0.3, 0.4) is 0 Å². The lowest BCUT2D eigenvalue weighted by Gasteiger charge is -2.13. The van der Waals surface area contributed by atoms with Gasteiger partial charge in [-0.2, -0.15) is 0 Å². The van der Waals surface area contributed by atoms with Gasteiger partial charge in [-0.25, -0.2) is 4.39 Å². The summed E-state index contributed by atoms with van der Waals surface area (Å²) in [7, 11) is 0. The van der Waals surface area contributed by atoms with Crippen molar-refractivity contribution < 1.29 is 4.39 Å². The maximum absolute atomic E-state index is 14.1. The van der Waals surface area contributed by atoms with Crippen LogP contribution in [0, 0.1) is 11.7 Å². The van der Waals surface area contributed by atoms with E-state index in [1.807, 2.05) is 12.1 Å². The van der Waals surface area contributed by atoms with Crippen LogP contribution in [-0.2, 0) is 12.8 Å². The van der Waals surface area contributed by atoms with E-state index in [2.05, 4.69) is 51.1 Å². The van der Waals surface area contributed by atoms with Crippen LogP contribution in [0.5, 0.6) is 0 Å². The van der Waals surface area contributed by atoms with E-state index in [0.29, 0.717) is 11.8 Å². The Balaban J connectivity index is 2.09. The summed E-state index contributed by atoms with van der Waals surface area (Å²) >= 11 is 0. The molecule has 0 saturated heterocycles. The molecule has 0 spiro atoms. The van der Waals surface area contributed by atoms with E-state index in [9.17, 15) is 4.39 Å². The summed E-state index contributed by atoms with van der Waals surface area (Å²) in [5, 5.41) is 0. The van der Waals surface area contributed by atoms with E-state index in [0.717, 1.165) is 24.0 Å². The van der Waals surface area contributed by atoms with E-state index >= 15 is 0 Å². The van der Waals surface area contributed by atoms with Gasteiger partial charge in [0.1, 0.15) is 5.82 Å². The fourth-order valence-electron chi connectivity index (χ4n) is 2.58. The molecule has 2 aromatic carbocycles. The molecule has 0 radical (unpaired) electrons. The average molecular weight is 270 g/mol. The Bertz CT molecular complexity index is 543. The summed E-state index contributed by atoms with van der Waals surface area (Å²) < 4.78 is 14.1. The number of hydrogen-bond acceptors (Lipinski definition) is 0. The monoisotopic (exact) mass is 270 g/mol. The zero-order valence-corrected chi connectivity index (χ0v) is 12.6. The number of rotatable bonds is 5. The summed E-state index contributed by atoms with van der Waals surface area (Å²) in [4.78, 5) is 0. The van der Waals surface area contributed by atoms with Gasteiger partial charge in [0.2, 0.25) is 0 Å². The molecule has 0 bridgehead atoms. The predicted octanol–water partition coefficient (Wildman–Crippen LogP) is 5.37. The topological polar surface area (TPSA) is 0 Å². The van der Waals surface area contributed by atoms with Crippen LogP contribution in [-0.4, -0.2) is 0 Å². The first kappa shape index (κ1) is 14.8. The maximum atomic E-state index is 14.1. The van der Waals surface area contributed by atoms with E-state index < -0.39 is 0 Å². The van der Waals surface area contributed by atoms with Gasteiger partial charge in [-0.15, -0.1) is 0 Å². The van der Waals surface area contributed by atoms with Crippen molar-refractivity contribution in [1.82, 2.24) is 0 Å². The van der Waals surface area contributed by atoms with Crippen LogP contribution in [0.2, 0.25) is 0 Å². The van der Waals surface area contributed by atoms with Crippen LogP contribution in [0.25, 0.3) is 0 Å². The van der Waals surface area contributed by atoms with Gasteiger partial charge < -0.3 is 0 Å². The first-order valence-electron chi connectivity index (χ1n) is 7.38. The van der Waals surface area contributed by atoms with E-state index in [4.69, 9.17) is 0 Å². The number of halogens is 1. The minimum absolute atomic E-state index is 0.0588. The summed E-state index contributed by atoms with van der Waals surface area (Å²) in [6, 6.07) is 16.1. The van der Waals surface area contributed by atoms with Gasteiger partial charge in [-0.1, -0.05) is 63.2 Å². The molecule has 20 heavy (non-hydrogen) atoms. The van der Waals surface area contributed by atoms with Crippen molar-refractivity contribution in [3.05, 3.63) is 71.0 Å². The molecule has 0 N–H and O–H groups in total. The van der Waals surface area contributed by atoms with Crippen molar-refractivity contribution in [3.63, 3.8) is 0 Å². The fraction of sp³-hybridized carbons (Fsp3) is 0.368. The quantitative estimate of drug-likeness (QED) is 0.685. The van der Waals surface area contributed by atoms with Gasteiger partial charge in [-0.05, 0) is 47.4 Å².